The van der Waals surface area contributed by atoms with E-state index < -0.39 is 0 Å². The summed E-state index contributed by atoms with van der Waals surface area (Å²) in [7, 11) is 1.60. The average molecular weight is 323 g/mol. The Labute approximate surface area is 139 Å². The van der Waals surface area contributed by atoms with Gasteiger partial charge in [-0.1, -0.05) is 29.4 Å². The first-order valence-electron chi connectivity index (χ1n) is 7.47. The molecule has 24 heavy (non-hydrogen) atoms. The molecule has 0 aliphatic rings. The summed E-state index contributed by atoms with van der Waals surface area (Å²) in [5, 5.41) is 6.76. The molecule has 2 aromatic carbocycles. The molecule has 3 aromatic rings. The van der Waals surface area contributed by atoms with E-state index in [9.17, 15) is 4.79 Å². The molecule has 0 atom stereocenters. The van der Waals surface area contributed by atoms with E-state index in [1.165, 1.54) is 0 Å². The maximum atomic E-state index is 12.2. The Kier molecular flexibility index (Phi) is 4.56. The van der Waals surface area contributed by atoms with Crippen molar-refractivity contribution in [3.05, 3.63) is 60.0 Å². The minimum atomic E-state index is -0.107. The molecule has 122 valence electrons. The molecule has 1 heterocycles. The van der Waals surface area contributed by atoms with Crippen LogP contribution in [0.3, 0.4) is 0 Å². The van der Waals surface area contributed by atoms with Crippen LogP contribution in [0.2, 0.25) is 0 Å². The largest absolute Gasteiger partial charge is 0.497 e. The van der Waals surface area contributed by atoms with E-state index in [1.54, 1.807) is 14.0 Å². The molecule has 1 N–H and O–H groups in total. The number of aromatic nitrogens is 2. The van der Waals surface area contributed by atoms with Gasteiger partial charge in [-0.25, -0.2) is 0 Å². The lowest BCUT2D eigenvalue weighted by atomic mass is 10.1. The molecule has 6 nitrogen and oxygen atoms in total. The van der Waals surface area contributed by atoms with Gasteiger partial charge in [0.2, 0.25) is 17.6 Å². The fourth-order valence-electron chi connectivity index (χ4n) is 2.33. The Morgan fingerprint density at radius 2 is 2.04 bits per heavy atom. The molecule has 1 aromatic heterocycles. The van der Waals surface area contributed by atoms with E-state index >= 15 is 0 Å². The fraction of sp³-hybridized carbons (Fsp3) is 0.167. The quantitative estimate of drug-likeness (QED) is 0.780. The van der Waals surface area contributed by atoms with Gasteiger partial charge in [0.1, 0.15) is 5.75 Å². The number of hydrogen-bond acceptors (Lipinski definition) is 5. The zero-order valence-electron chi connectivity index (χ0n) is 13.4. The highest BCUT2D eigenvalue weighted by Crippen LogP contribution is 2.20. The van der Waals surface area contributed by atoms with Gasteiger partial charge < -0.3 is 14.6 Å². The Bertz CT molecular complexity index is 858. The summed E-state index contributed by atoms with van der Waals surface area (Å²) >= 11 is 0. The zero-order chi connectivity index (χ0) is 16.9. The number of ether oxygens (including phenoxy) is 1. The van der Waals surface area contributed by atoms with E-state index in [-0.39, 0.29) is 12.3 Å². The standard InChI is InChI=1S/C18H17N3O3/c1-12-19-18(21-24-12)14-6-4-7-15(11-14)20-17(22)10-13-5-3-8-16(9-13)23-2/h3-9,11H,10H2,1-2H3,(H,20,22). The van der Waals surface area contributed by atoms with Crippen molar-refractivity contribution in [2.45, 2.75) is 13.3 Å². The Hall–Kier alpha value is -3.15. The van der Waals surface area contributed by atoms with Crippen LogP contribution in [0.1, 0.15) is 11.5 Å². The van der Waals surface area contributed by atoms with Crippen LogP contribution in [-0.4, -0.2) is 23.2 Å². The number of carbonyl (C=O) groups is 1. The van der Waals surface area contributed by atoms with Crippen LogP contribution in [0.25, 0.3) is 11.4 Å². The van der Waals surface area contributed by atoms with E-state index in [1.807, 2.05) is 48.5 Å². The smallest absolute Gasteiger partial charge is 0.228 e. The van der Waals surface area contributed by atoms with Gasteiger partial charge in [0, 0.05) is 18.2 Å². The molecule has 0 saturated heterocycles. The minimum absolute atomic E-state index is 0.107. The third-order valence-electron chi connectivity index (χ3n) is 3.43. The Morgan fingerprint density at radius 3 is 2.79 bits per heavy atom. The van der Waals surface area contributed by atoms with Gasteiger partial charge in [0.15, 0.2) is 0 Å². The highest BCUT2D eigenvalue weighted by Gasteiger charge is 2.09. The number of aryl methyl sites for hydroxylation is 1. The molecule has 0 saturated carbocycles. The number of carbonyl (C=O) groups excluding carboxylic acids is 1. The first kappa shape index (κ1) is 15.7. The molecule has 6 heteroatoms. The summed E-state index contributed by atoms with van der Waals surface area (Å²) < 4.78 is 10.1. The maximum absolute atomic E-state index is 12.2. The molecule has 1 amide bonds. The molecule has 0 spiro atoms. The van der Waals surface area contributed by atoms with Gasteiger partial charge in [-0.2, -0.15) is 4.98 Å². The number of benzene rings is 2. The third kappa shape index (κ3) is 3.78. The third-order valence-corrected chi connectivity index (χ3v) is 3.43. The van der Waals surface area contributed by atoms with Crippen molar-refractivity contribution in [3.8, 4) is 17.1 Å². The molecule has 0 unspecified atom stereocenters. The van der Waals surface area contributed by atoms with Crippen LogP contribution >= 0.6 is 0 Å². The number of nitrogens with zero attached hydrogens (tertiary/aromatic N) is 2. The SMILES string of the molecule is COc1cccc(CC(=O)Nc2cccc(-c3noc(C)n3)c2)c1. The second kappa shape index (κ2) is 6.95. The maximum Gasteiger partial charge on any atom is 0.228 e. The van der Waals surface area contributed by atoms with E-state index in [0.29, 0.717) is 17.4 Å². The van der Waals surface area contributed by atoms with Crippen LogP contribution in [0.15, 0.2) is 53.1 Å². The van der Waals surface area contributed by atoms with Gasteiger partial charge in [-0.15, -0.1) is 0 Å². The zero-order valence-corrected chi connectivity index (χ0v) is 13.4. The van der Waals surface area contributed by atoms with Crippen molar-refractivity contribution < 1.29 is 14.1 Å². The van der Waals surface area contributed by atoms with Gasteiger partial charge in [0.25, 0.3) is 0 Å². The number of hydrogen-bond donors (Lipinski definition) is 1. The van der Waals surface area contributed by atoms with Crippen LogP contribution in [0, 0.1) is 6.92 Å². The molecule has 0 fully saturated rings. The lowest BCUT2D eigenvalue weighted by molar-refractivity contribution is -0.115. The predicted octanol–water partition coefficient (Wildman–Crippen LogP) is 3.23. The normalized spacial score (nSPS) is 10.4. The van der Waals surface area contributed by atoms with Gasteiger partial charge in [-0.05, 0) is 29.8 Å². The molecule has 0 aliphatic heterocycles. The molecular weight excluding hydrogens is 306 g/mol. The molecule has 3 rings (SSSR count). The van der Waals surface area contributed by atoms with Crippen molar-refractivity contribution in [2.24, 2.45) is 0 Å². The van der Waals surface area contributed by atoms with Crippen LogP contribution in [0.4, 0.5) is 5.69 Å². The summed E-state index contributed by atoms with van der Waals surface area (Å²) in [6.07, 6.45) is 0.267. The lowest BCUT2D eigenvalue weighted by Crippen LogP contribution is -2.14. The monoisotopic (exact) mass is 323 g/mol. The number of anilines is 1. The van der Waals surface area contributed by atoms with Crippen LogP contribution in [0.5, 0.6) is 5.75 Å². The van der Waals surface area contributed by atoms with Gasteiger partial charge in [-0.3, -0.25) is 4.79 Å². The first-order chi connectivity index (χ1) is 11.6. The first-order valence-corrected chi connectivity index (χ1v) is 7.47. The second-order valence-electron chi connectivity index (χ2n) is 5.29. The summed E-state index contributed by atoms with van der Waals surface area (Å²) in [6.45, 7) is 1.73. The fourth-order valence-corrected chi connectivity index (χ4v) is 2.33. The van der Waals surface area contributed by atoms with Crippen LogP contribution < -0.4 is 10.1 Å². The minimum Gasteiger partial charge on any atom is -0.497 e. The van der Waals surface area contributed by atoms with E-state index in [4.69, 9.17) is 9.26 Å². The Balaban J connectivity index is 1.70. The lowest BCUT2D eigenvalue weighted by Gasteiger charge is -2.07. The number of amides is 1. The number of rotatable bonds is 5. The molecule has 0 aliphatic carbocycles. The molecule has 0 radical (unpaired) electrons. The molecule has 0 bridgehead atoms. The van der Waals surface area contributed by atoms with Crippen molar-refractivity contribution >= 4 is 11.6 Å². The van der Waals surface area contributed by atoms with E-state index in [2.05, 4.69) is 15.5 Å². The predicted molar refractivity (Wildman–Crippen MR) is 89.8 cm³/mol. The summed E-state index contributed by atoms with van der Waals surface area (Å²) in [4.78, 5) is 16.4. The van der Waals surface area contributed by atoms with Crippen molar-refractivity contribution in [2.75, 3.05) is 12.4 Å². The van der Waals surface area contributed by atoms with Gasteiger partial charge in [0.05, 0.1) is 13.5 Å². The number of methoxy groups -OCH3 is 1. The average Bonchev–Trinajstić information content (AvgIpc) is 3.02. The highest BCUT2D eigenvalue weighted by atomic mass is 16.5. The van der Waals surface area contributed by atoms with Gasteiger partial charge >= 0.3 is 0 Å². The second-order valence-corrected chi connectivity index (χ2v) is 5.29. The Morgan fingerprint density at radius 1 is 1.21 bits per heavy atom. The molecular formula is C18H17N3O3. The number of nitrogens with one attached hydrogen (secondary N) is 1. The van der Waals surface area contributed by atoms with Crippen molar-refractivity contribution in [3.63, 3.8) is 0 Å². The van der Waals surface area contributed by atoms with Crippen LogP contribution in [-0.2, 0) is 11.2 Å². The highest BCUT2D eigenvalue weighted by molar-refractivity contribution is 5.92. The summed E-state index contributed by atoms with van der Waals surface area (Å²) in [5.74, 6) is 1.62. The van der Waals surface area contributed by atoms with Crippen molar-refractivity contribution in [1.82, 2.24) is 10.1 Å². The topological polar surface area (TPSA) is 77.2 Å². The summed E-state index contributed by atoms with van der Waals surface area (Å²) in [5.41, 5.74) is 2.35. The summed E-state index contributed by atoms with van der Waals surface area (Å²) in [6, 6.07) is 14.8. The van der Waals surface area contributed by atoms with Crippen molar-refractivity contribution in [1.29, 1.82) is 0 Å². The van der Waals surface area contributed by atoms with E-state index in [0.717, 1.165) is 16.9 Å².